The maximum atomic E-state index is 11.8. The summed E-state index contributed by atoms with van der Waals surface area (Å²) in [7, 11) is 0. The van der Waals surface area contributed by atoms with E-state index in [0.717, 1.165) is 6.42 Å². The van der Waals surface area contributed by atoms with Crippen molar-refractivity contribution in [2.75, 3.05) is 0 Å². The quantitative estimate of drug-likeness (QED) is 0.746. The van der Waals surface area contributed by atoms with Crippen molar-refractivity contribution in [3.8, 4) is 0 Å². The Morgan fingerprint density at radius 1 is 1.59 bits per heavy atom. The number of ketones is 1. The van der Waals surface area contributed by atoms with Gasteiger partial charge in [0.2, 0.25) is 5.78 Å². The zero-order valence-corrected chi connectivity index (χ0v) is 10.6. The maximum absolute atomic E-state index is 11.8. The molecule has 1 heterocycles. The zero-order chi connectivity index (χ0) is 12.9. The van der Waals surface area contributed by atoms with Gasteiger partial charge in [-0.2, -0.15) is 0 Å². The molecule has 3 nitrogen and oxygen atoms in total. The summed E-state index contributed by atoms with van der Waals surface area (Å²) in [5.41, 5.74) is -0.881. The number of rotatable bonds is 5. The summed E-state index contributed by atoms with van der Waals surface area (Å²) < 4.78 is 5.58. The first-order chi connectivity index (χ1) is 7.98. The summed E-state index contributed by atoms with van der Waals surface area (Å²) >= 11 is 0. The third kappa shape index (κ3) is 3.86. The molecule has 2 atom stereocenters. The summed E-state index contributed by atoms with van der Waals surface area (Å²) in [6.45, 7) is 5.38. The molecule has 1 aliphatic heterocycles. The van der Waals surface area contributed by atoms with Gasteiger partial charge in [0, 0.05) is 6.08 Å². The van der Waals surface area contributed by atoms with E-state index in [0.29, 0.717) is 12.2 Å². The second-order valence-electron chi connectivity index (χ2n) is 4.45. The van der Waals surface area contributed by atoms with Gasteiger partial charge in [-0.1, -0.05) is 12.2 Å². The van der Waals surface area contributed by atoms with Crippen LogP contribution in [0.1, 0.15) is 33.6 Å². The van der Waals surface area contributed by atoms with E-state index in [1.54, 1.807) is 26.0 Å². The van der Waals surface area contributed by atoms with Crippen molar-refractivity contribution in [1.82, 2.24) is 0 Å². The third-order valence-corrected chi connectivity index (χ3v) is 2.61. The predicted molar refractivity (Wildman–Crippen MR) is 67.4 cm³/mol. The molecule has 0 spiro atoms. The highest BCUT2D eigenvalue weighted by Gasteiger charge is 2.36. The van der Waals surface area contributed by atoms with Crippen molar-refractivity contribution in [3.63, 3.8) is 0 Å². The minimum atomic E-state index is -0.881. The first kappa shape index (κ1) is 13.7. The van der Waals surface area contributed by atoms with Gasteiger partial charge in [0.25, 0.3) is 0 Å². The number of carbonyl (C=O) groups is 1. The largest absolute Gasteiger partial charge is 0.475 e. The molecule has 1 N–H and O–H groups in total. The fourth-order valence-corrected chi connectivity index (χ4v) is 1.61. The lowest BCUT2D eigenvalue weighted by Crippen LogP contribution is -2.29. The molecule has 0 aromatic heterocycles. The van der Waals surface area contributed by atoms with Gasteiger partial charge < -0.3 is 9.84 Å². The minimum Gasteiger partial charge on any atom is -0.475 e. The van der Waals surface area contributed by atoms with Gasteiger partial charge in [-0.15, -0.1) is 0 Å². The van der Waals surface area contributed by atoms with Crippen LogP contribution in [0.15, 0.2) is 36.1 Å². The van der Waals surface area contributed by atoms with Crippen molar-refractivity contribution >= 4 is 5.78 Å². The van der Waals surface area contributed by atoms with Crippen LogP contribution in [-0.4, -0.2) is 22.6 Å². The minimum absolute atomic E-state index is 0.0427. The fraction of sp³-hybridized carbons (Fsp3) is 0.500. The van der Waals surface area contributed by atoms with Gasteiger partial charge in [-0.3, -0.25) is 4.79 Å². The Balaban J connectivity index is 2.57. The average Bonchev–Trinajstić information content (AvgIpc) is 2.50. The molecule has 0 aromatic carbocycles. The van der Waals surface area contributed by atoms with Crippen LogP contribution >= 0.6 is 0 Å². The lowest BCUT2D eigenvalue weighted by atomic mass is 10.0. The van der Waals surface area contributed by atoms with Crippen LogP contribution in [0, 0.1) is 0 Å². The molecule has 2 unspecified atom stereocenters. The topological polar surface area (TPSA) is 46.5 Å². The lowest BCUT2D eigenvalue weighted by Gasteiger charge is -2.18. The van der Waals surface area contributed by atoms with Crippen LogP contribution in [0.4, 0.5) is 0 Å². The molecule has 0 radical (unpaired) electrons. The SMILES string of the molecule is CC=CC1=CC(=O)C(C)(C=CCCC(C)O)O1. The molecule has 0 amide bonds. The fourth-order valence-electron chi connectivity index (χ4n) is 1.61. The van der Waals surface area contributed by atoms with Crippen LogP contribution in [-0.2, 0) is 9.53 Å². The van der Waals surface area contributed by atoms with Gasteiger partial charge >= 0.3 is 0 Å². The van der Waals surface area contributed by atoms with Crippen molar-refractivity contribution < 1.29 is 14.6 Å². The number of hydrogen-bond acceptors (Lipinski definition) is 3. The van der Waals surface area contributed by atoms with Gasteiger partial charge in [-0.05, 0) is 45.8 Å². The Bertz CT molecular complexity index is 364. The van der Waals surface area contributed by atoms with E-state index in [4.69, 9.17) is 9.84 Å². The van der Waals surface area contributed by atoms with Crippen LogP contribution in [0.3, 0.4) is 0 Å². The Hall–Kier alpha value is -1.35. The molecular weight excluding hydrogens is 216 g/mol. The summed E-state index contributed by atoms with van der Waals surface area (Å²) in [6, 6.07) is 0. The molecule has 0 saturated heterocycles. The lowest BCUT2D eigenvalue weighted by molar-refractivity contribution is -0.124. The normalized spacial score (nSPS) is 26.6. The first-order valence-electron chi connectivity index (χ1n) is 5.91. The van der Waals surface area contributed by atoms with E-state index >= 15 is 0 Å². The average molecular weight is 236 g/mol. The van der Waals surface area contributed by atoms with Crippen molar-refractivity contribution in [1.29, 1.82) is 0 Å². The summed E-state index contributed by atoms with van der Waals surface area (Å²) in [6.07, 6.45) is 9.89. The molecule has 0 saturated carbocycles. The standard InChI is InChI=1S/C14H20O3/c1-4-7-12-10-13(16)14(3,17-12)9-6-5-8-11(2)15/h4,6-7,9-11,15H,5,8H2,1-3H3. The Kier molecular flexibility index (Phi) is 4.70. The molecule has 0 aliphatic carbocycles. The second kappa shape index (κ2) is 5.82. The summed E-state index contributed by atoms with van der Waals surface area (Å²) in [5, 5.41) is 9.12. The third-order valence-electron chi connectivity index (χ3n) is 2.61. The molecule has 3 heteroatoms. The van der Waals surface area contributed by atoms with Gasteiger partial charge in [0.05, 0.1) is 6.10 Å². The van der Waals surface area contributed by atoms with Gasteiger partial charge in [-0.25, -0.2) is 0 Å². The van der Waals surface area contributed by atoms with E-state index in [9.17, 15) is 4.79 Å². The Morgan fingerprint density at radius 3 is 2.88 bits per heavy atom. The molecule has 0 bridgehead atoms. The number of allylic oxidation sites excluding steroid dienone is 3. The Labute approximate surface area is 102 Å². The number of hydrogen-bond donors (Lipinski definition) is 1. The van der Waals surface area contributed by atoms with Crippen LogP contribution in [0.2, 0.25) is 0 Å². The summed E-state index contributed by atoms with van der Waals surface area (Å²) in [4.78, 5) is 11.8. The molecule has 94 valence electrons. The number of carbonyl (C=O) groups excluding carboxylic acids is 1. The molecule has 0 fully saturated rings. The molecule has 1 rings (SSSR count). The maximum Gasteiger partial charge on any atom is 0.206 e. The smallest absolute Gasteiger partial charge is 0.206 e. The highest BCUT2D eigenvalue weighted by Crippen LogP contribution is 2.27. The van der Waals surface area contributed by atoms with Crippen LogP contribution in [0.25, 0.3) is 0 Å². The van der Waals surface area contributed by atoms with E-state index in [-0.39, 0.29) is 11.9 Å². The van der Waals surface area contributed by atoms with E-state index in [1.165, 1.54) is 6.08 Å². The molecule has 0 aromatic rings. The second-order valence-corrected chi connectivity index (χ2v) is 4.45. The molecule has 17 heavy (non-hydrogen) atoms. The number of aliphatic hydroxyl groups excluding tert-OH is 1. The van der Waals surface area contributed by atoms with E-state index in [2.05, 4.69) is 0 Å². The van der Waals surface area contributed by atoms with Crippen LogP contribution < -0.4 is 0 Å². The van der Waals surface area contributed by atoms with Crippen molar-refractivity contribution in [2.24, 2.45) is 0 Å². The summed E-state index contributed by atoms with van der Waals surface area (Å²) in [5.74, 6) is 0.555. The first-order valence-corrected chi connectivity index (χ1v) is 5.91. The van der Waals surface area contributed by atoms with E-state index in [1.807, 2.05) is 19.1 Å². The number of ether oxygens (including phenoxy) is 1. The molecular formula is C14H20O3. The van der Waals surface area contributed by atoms with Gasteiger partial charge in [0.1, 0.15) is 5.76 Å². The van der Waals surface area contributed by atoms with Crippen molar-refractivity contribution in [3.05, 3.63) is 36.1 Å². The Morgan fingerprint density at radius 2 is 2.29 bits per heavy atom. The zero-order valence-electron chi connectivity index (χ0n) is 10.6. The monoisotopic (exact) mass is 236 g/mol. The predicted octanol–water partition coefficient (Wildman–Crippen LogP) is 2.52. The number of aliphatic hydroxyl groups is 1. The van der Waals surface area contributed by atoms with E-state index < -0.39 is 5.60 Å². The van der Waals surface area contributed by atoms with Crippen molar-refractivity contribution in [2.45, 2.75) is 45.3 Å². The highest BCUT2D eigenvalue weighted by atomic mass is 16.5. The van der Waals surface area contributed by atoms with Gasteiger partial charge in [0.15, 0.2) is 5.60 Å². The van der Waals surface area contributed by atoms with Crippen LogP contribution in [0.5, 0.6) is 0 Å². The highest BCUT2D eigenvalue weighted by molar-refractivity contribution is 6.01. The molecule has 1 aliphatic rings.